The molecular weight excluding hydrogens is 282 g/mol. The predicted molar refractivity (Wildman–Crippen MR) is 87.6 cm³/mol. The van der Waals surface area contributed by atoms with Gasteiger partial charge in [0.25, 0.3) is 0 Å². The van der Waals surface area contributed by atoms with Gasteiger partial charge in [-0.1, -0.05) is 30.7 Å². The summed E-state index contributed by atoms with van der Waals surface area (Å²) in [7, 11) is 0. The van der Waals surface area contributed by atoms with Crippen molar-refractivity contribution in [2.75, 3.05) is 13.1 Å². The molecule has 0 saturated carbocycles. The van der Waals surface area contributed by atoms with Crippen molar-refractivity contribution in [1.82, 2.24) is 14.9 Å². The molecule has 0 radical (unpaired) electrons. The number of nitrogens with one attached hydrogen (secondary N) is 1. The smallest absolute Gasteiger partial charge is 0.0951 e. The largest absolute Gasteiger partial charge is 0.330 e. The molecule has 1 aromatic carbocycles. The van der Waals surface area contributed by atoms with Crippen LogP contribution in [0, 0.1) is 12.3 Å². The third-order valence-electron chi connectivity index (χ3n) is 4.54. The molecule has 0 bridgehead atoms. The second kappa shape index (κ2) is 5.82. The summed E-state index contributed by atoms with van der Waals surface area (Å²) in [6.45, 7) is 7.63. The zero-order valence-electron chi connectivity index (χ0n) is 12.7. The van der Waals surface area contributed by atoms with E-state index < -0.39 is 0 Å². The first-order chi connectivity index (χ1) is 10.1. The van der Waals surface area contributed by atoms with Gasteiger partial charge < -0.3 is 9.88 Å². The molecule has 0 aliphatic carbocycles. The summed E-state index contributed by atoms with van der Waals surface area (Å²) < 4.78 is 2.27. The summed E-state index contributed by atoms with van der Waals surface area (Å²) in [4.78, 5) is 4.35. The molecule has 21 heavy (non-hydrogen) atoms. The molecule has 4 heteroatoms. The molecule has 0 unspecified atom stereocenters. The summed E-state index contributed by atoms with van der Waals surface area (Å²) in [6, 6.07) is 6.23. The van der Waals surface area contributed by atoms with Gasteiger partial charge in [0.1, 0.15) is 0 Å². The van der Waals surface area contributed by atoms with E-state index >= 15 is 0 Å². The average Bonchev–Trinajstić information content (AvgIpc) is 2.90. The highest BCUT2D eigenvalue weighted by molar-refractivity contribution is 6.31. The minimum atomic E-state index is 0.342. The fraction of sp³-hybridized carbons (Fsp3) is 0.471. The molecule has 0 atom stereocenters. The lowest BCUT2D eigenvalue weighted by Crippen LogP contribution is -2.37. The fourth-order valence-electron chi connectivity index (χ4n) is 3.04. The number of benzene rings is 1. The summed E-state index contributed by atoms with van der Waals surface area (Å²) in [5.74, 6) is 0. The number of halogens is 1. The van der Waals surface area contributed by atoms with Crippen molar-refractivity contribution in [2.24, 2.45) is 5.41 Å². The van der Waals surface area contributed by atoms with Crippen molar-refractivity contribution in [3.05, 3.63) is 41.3 Å². The lowest BCUT2D eigenvalue weighted by atomic mass is 9.81. The van der Waals surface area contributed by atoms with Gasteiger partial charge in [0, 0.05) is 17.1 Å². The Labute approximate surface area is 131 Å². The molecule has 2 heterocycles. The van der Waals surface area contributed by atoms with Crippen LogP contribution in [-0.2, 0) is 6.54 Å². The monoisotopic (exact) mass is 303 g/mol. The van der Waals surface area contributed by atoms with Gasteiger partial charge in [-0.25, -0.2) is 4.98 Å². The Bertz CT molecular complexity index is 627. The first kappa shape index (κ1) is 14.6. The van der Waals surface area contributed by atoms with Crippen LogP contribution in [0.15, 0.2) is 30.7 Å². The van der Waals surface area contributed by atoms with E-state index in [2.05, 4.69) is 33.9 Å². The van der Waals surface area contributed by atoms with Crippen molar-refractivity contribution in [3.63, 3.8) is 0 Å². The number of hydrogen-bond acceptors (Lipinski definition) is 2. The Morgan fingerprint density at radius 1 is 1.33 bits per heavy atom. The molecule has 1 saturated heterocycles. The normalized spacial score (nSPS) is 17.9. The zero-order valence-corrected chi connectivity index (χ0v) is 13.5. The van der Waals surface area contributed by atoms with Crippen LogP contribution in [0.25, 0.3) is 11.3 Å². The van der Waals surface area contributed by atoms with Gasteiger partial charge in [-0.3, -0.25) is 0 Å². The van der Waals surface area contributed by atoms with Crippen molar-refractivity contribution < 1.29 is 0 Å². The Balaban J connectivity index is 1.88. The van der Waals surface area contributed by atoms with E-state index in [9.17, 15) is 0 Å². The van der Waals surface area contributed by atoms with E-state index in [1.807, 2.05) is 25.5 Å². The number of imidazole rings is 1. The van der Waals surface area contributed by atoms with Gasteiger partial charge >= 0.3 is 0 Å². The molecule has 1 aliphatic heterocycles. The maximum Gasteiger partial charge on any atom is 0.0951 e. The Morgan fingerprint density at radius 2 is 2.10 bits per heavy atom. The Hall–Kier alpha value is -1.32. The van der Waals surface area contributed by atoms with E-state index in [1.165, 1.54) is 12.8 Å². The minimum Gasteiger partial charge on any atom is -0.330 e. The number of aromatic nitrogens is 2. The topological polar surface area (TPSA) is 29.9 Å². The highest BCUT2D eigenvalue weighted by Crippen LogP contribution is 2.32. The third kappa shape index (κ3) is 3.14. The van der Waals surface area contributed by atoms with E-state index in [-0.39, 0.29) is 0 Å². The molecule has 3 nitrogen and oxygen atoms in total. The van der Waals surface area contributed by atoms with Gasteiger partial charge in [0.2, 0.25) is 0 Å². The Morgan fingerprint density at radius 3 is 2.81 bits per heavy atom. The maximum atomic E-state index is 6.26. The summed E-state index contributed by atoms with van der Waals surface area (Å²) in [5, 5.41) is 4.25. The van der Waals surface area contributed by atoms with Crippen LogP contribution in [0.1, 0.15) is 25.3 Å². The van der Waals surface area contributed by atoms with Gasteiger partial charge in [-0.2, -0.15) is 0 Å². The van der Waals surface area contributed by atoms with Crippen LogP contribution < -0.4 is 5.32 Å². The highest BCUT2D eigenvalue weighted by Gasteiger charge is 2.27. The second-order valence-corrected chi connectivity index (χ2v) is 6.84. The third-order valence-corrected chi connectivity index (χ3v) is 4.95. The van der Waals surface area contributed by atoms with E-state index in [1.54, 1.807) is 0 Å². The van der Waals surface area contributed by atoms with Crippen LogP contribution in [-0.4, -0.2) is 22.6 Å². The van der Waals surface area contributed by atoms with Gasteiger partial charge in [0.15, 0.2) is 0 Å². The molecule has 2 aromatic rings. The first-order valence-electron chi connectivity index (χ1n) is 7.55. The fourth-order valence-corrected chi connectivity index (χ4v) is 3.22. The van der Waals surface area contributed by atoms with Crippen molar-refractivity contribution in [1.29, 1.82) is 0 Å². The van der Waals surface area contributed by atoms with Gasteiger partial charge in [0.05, 0.1) is 18.2 Å². The number of nitrogens with zero attached hydrogens (tertiary/aromatic N) is 2. The lowest BCUT2D eigenvalue weighted by molar-refractivity contribution is 0.195. The minimum absolute atomic E-state index is 0.342. The van der Waals surface area contributed by atoms with Crippen molar-refractivity contribution in [2.45, 2.75) is 33.2 Å². The molecule has 0 amide bonds. The van der Waals surface area contributed by atoms with Crippen LogP contribution >= 0.6 is 11.6 Å². The SMILES string of the molecule is Cc1ccc(-c2cncn2CC2(C)CCNCC2)cc1Cl. The lowest BCUT2D eigenvalue weighted by Gasteiger charge is -2.34. The summed E-state index contributed by atoms with van der Waals surface area (Å²) >= 11 is 6.26. The molecule has 112 valence electrons. The van der Waals surface area contributed by atoms with E-state index in [4.69, 9.17) is 11.6 Å². The first-order valence-corrected chi connectivity index (χ1v) is 7.93. The number of hydrogen-bond donors (Lipinski definition) is 1. The molecule has 0 spiro atoms. The number of rotatable bonds is 3. The van der Waals surface area contributed by atoms with Crippen LogP contribution in [0.3, 0.4) is 0 Å². The molecule has 3 rings (SSSR count). The average molecular weight is 304 g/mol. The van der Waals surface area contributed by atoms with Crippen LogP contribution in [0.2, 0.25) is 5.02 Å². The quantitative estimate of drug-likeness (QED) is 0.932. The number of piperidine rings is 1. The van der Waals surface area contributed by atoms with Crippen molar-refractivity contribution >= 4 is 11.6 Å². The standard InChI is InChI=1S/C17H22ClN3/c1-13-3-4-14(9-15(13)18)16-10-20-12-21(16)11-17(2)5-7-19-8-6-17/h3-4,9-10,12,19H,5-8,11H2,1-2H3. The van der Waals surface area contributed by atoms with Crippen LogP contribution in [0.5, 0.6) is 0 Å². The van der Waals surface area contributed by atoms with Gasteiger partial charge in [-0.15, -0.1) is 0 Å². The molecule has 1 aromatic heterocycles. The highest BCUT2D eigenvalue weighted by atomic mass is 35.5. The maximum absolute atomic E-state index is 6.26. The zero-order chi connectivity index (χ0) is 14.9. The Kier molecular flexibility index (Phi) is 4.05. The molecule has 1 N–H and O–H groups in total. The summed E-state index contributed by atoms with van der Waals surface area (Å²) in [6.07, 6.45) is 6.29. The molecule has 1 fully saturated rings. The molecular formula is C17H22ClN3. The van der Waals surface area contributed by atoms with E-state index in [0.29, 0.717) is 5.41 Å². The van der Waals surface area contributed by atoms with Crippen molar-refractivity contribution in [3.8, 4) is 11.3 Å². The van der Waals surface area contributed by atoms with Crippen LogP contribution in [0.4, 0.5) is 0 Å². The second-order valence-electron chi connectivity index (χ2n) is 6.43. The molecule has 1 aliphatic rings. The summed E-state index contributed by atoms with van der Waals surface area (Å²) in [5.41, 5.74) is 3.74. The predicted octanol–water partition coefficient (Wildman–Crippen LogP) is 3.90. The van der Waals surface area contributed by atoms with Gasteiger partial charge in [-0.05, 0) is 49.9 Å². The van der Waals surface area contributed by atoms with E-state index in [0.717, 1.165) is 41.5 Å². The number of aryl methyl sites for hydroxylation is 1.